The third kappa shape index (κ3) is 6.19. The molecule has 2 aliphatic rings. The molecule has 3 heterocycles. The van der Waals surface area contributed by atoms with Gasteiger partial charge in [0.25, 0.3) is 11.8 Å². The van der Waals surface area contributed by atoms with E-state index in [1.807, 2.05) is 6.92 Å². The number of amides is 3. The molecule has 0 aliphatic carbocycles. The van der Waals surface area contributed by atoms with Gasteiger partial charge in [0.05, 0.1) is 6.04 Å². The molecule has 1 fully saturated rings. The lowest BCUT2D eigenvalue weighted by atomic mass is 9.92. The van der Waals surface area contributed by atoms with E-state index in [2.05, 4.69) is 52.9 Å². The van der Waals surface area contributed by atoms with Crippen LogP contribution in [0.1, 0.15) is 68.5 Å². The van der Waals surface area contributed by atoms with Crippen molar-refractivity contribution in [2.75, 3.05) is 25.2 Å². The number of hydrogen-bond donors (Lipinski definition) is 2. The van der Waals surface area contributed by atoms with E-state index in [0.29, 0.717) is 36.7 Å². The lowest BCUT2D eigenvalue weighted by Gasteiger charge is -2.31. The van der Waals surface area contributed by atoms with Gasteiger partial charge >= 0.3 is 0 Å². The Morgan fingerprint density at radius 1 is 1.03 bits per heavy atom. The zero-order valence-corrected chi connectivity index (χ0v) is 23.0. The second kappa shape index (κ2) is 11.4. The summed E-state index contributed by atoms with van der Waals surface area (Å²) in [6, 6.07) is 11.3. The summed E-state index contributed by atoms with van der Waals surface area (Å²) in [6.07, 6.45) is 1.89. The van der Waals surface area contributed by atoms with Crippen molar-refractivity contribution in [2.24, 2.45) is 5.92 Å². The number of anilines is 1. The van der Waals surface area contributed by atoms with Crippen molar-refractivity contribution in [3.05, 3.63) is 63.1 Å². The van der Waals surface area contributed by atoms with Gasteiger partial charge < -0.3 is 25.0 Å². The Labute approximate surface area is 230 Å². The third-order valence-corrected chi connectivity index (χ3v) is 7.99. The Hall–Kier alpha value is -3.99. The maximum atomic E-state index is 13.0. The number of carbonyl (C=O) groups excluding carboxylic acids is 3. The molecular formula is C28H31N5O5S. The number of likely N-dealkylation sites (tertiary alicyclic amines) is 1. The van der Waals surface area contributed by atoms with Crippen LogP contribution < -0.4 is 20.1 Å². The number of aryl methyl sites for hydroxylation is 2. The molecule has 2 N–H and O–H groups in total. The topological polar surface area (TPSA) is 123 Å². The van der Waals surface area contributed by atoms with E-state index in [9.17, 15) is 14.4 Å². The van der Waals surface area contributed by atoms with Crippen LogP contribution in [0, 0.1) is 19.8 Å². The monoisotopic (exact) mass is 549 g/mol. The number of benzene rings is 2. The van der Waals surface area contributed by atoms with Gasteiger partial charge in [-0.1, -0.05) is 35.1 Å². The van der Waals surface area contributed by atoms with Gasteiger partial charge in [-0.05, 0) is 62.8 Å². The van der Waals surface area contributed by atoms with Crippen LogP contribution in [0.15, 0.2) is 36.4 Å². The number of hydrogen-bond acceptors (Lipinski definition) is 8. The molecule has 10 nitrogen and oxygen atoms in total. The Morgan fingerprint density at radius 2 is 1.77 bits per heavy atom. The fraction of sp³-hybridized carbons (Fsp3) is 0.393. The predicted octanol–water partition coefficient (Wildman–Crippen LogP) is 4.26. The molecule has 2 aromatic carbocycles. The number of nitrogens with zero attached hydrogens (tertiary/aromatic N) is 3. The molecule has 1 aromatic heterocycles. The first-order valence-electron chi connectivity index (χ1n) is 13.0. The van der Waals surface area contributed by atoms with Crippen LogP contribution in [0.3, 0.4) is 0 Å². The van der Waals surface area contributed by atoms with Crippen molar-refractivity contribution in [1.82, 2.24) is 20.4 Å². The Kier molecular flexibility index (Phi) is 7.78. The number of fused-ring (bicyclic) bond motifs is 1. The highest BCUT2D eigenvalue weighted by atomic mass is 32.1. The standard InChI is InChI=1S/C28H31N5O5S/c1-16-4-6-21(17(2)12-16)18(3)29-24(34)13-19-8-10-33(11-9-19)28(36)27-32-31-26(39-27)25(35)30-20-5-7-22-23(14-20)38-15-37-22/h4-7,12,14,18-19H,8-11,13,15H2,1-3H3,(H,29,34)(H,30,35)/t18-/m0/s1. The van der Waals surface area contributed by atoms with Crippen molar-refractivity contribution in [2.45, 2.75) is 46.1 Å². The summed E-state index contributed by atoms with van der Waals surface area (Å²) in [4.78, 5) is 40.1. The van der Waals surface area contributed by atoms with Crippen LogP contribution in [0.5, 0.6) is 11.5 Å². The minimum Gasteiger partial charge on any atom is -0.454 e. The summed E-state index contributed by atoms with van der Waals surface area (Å²) < 4.78 is 10.6. The Bertz CT molecular complexity index is 1400. The van der Waals surface area contributed by atoms with Crippen LogP contribution in [0.2, 0.25) is 0 Å². The summed E-state index contributed by atoms with van der Waals surface area (Å²) >= 11 is 0.960. The summed E-state index contributed by atoms with van der Waals surface area (Å²) in [7, 11) is 0. The predicted molar refractivity (Wildman–Crippen MR) is 146 cm³/mol. The second-order valence-corrected chi connectivity index (χ2v) is 11.0. The Morgan fingerprint density at radius 3 is 2.54 bits per heavy atom. The van der Waals surface area contributed by atoms with Gasteiger partial charge in [0.2, 0.25) is 22.7 Å². The van der Waals surface area contributed by atoms with Crippen molar-refractivity contribution in [3.63, 3.8) is 0 Å². The average Bonchev–Trinajstić information content (AvgIpc) is 3.58. The molecule has 11 heteroatoms. The molecule has 3 aromatic rings. The van der Waals surface area contributed by atoms with Gasteiger partial charge in [0.15, 0.2) is 11.5 Å². The maximum Gasteiger partial charge on any atom is 0.286 e. The van der Waals surface area contributed by atoms with E-state index >= 15 is 0 Å². The number of rotatable bonds is 7. The van der Waals surface area contributed by atoms with E-state index in [0.717, 1.165) is 29.7 Å². The minimum atomic E-state index is -0.454. The zero-order chi connectivity index (χ0) is 27.5. The summed E-state index contributed by atoms with van der Waals surface area (Å²) in [6.45, 7) is 7.32. The minimum absolute atomic E-state index is 0.0227. The molecule has 3 amide bonds. The van der Waals surface area contributed by atoms with E-state index < -0.39 is 5.91 Å². The van der Waals surface area contributed by atoms with Crippen molar-refractivity contribution in [1.29, 1.82) is 0 Å². The fourth-order valence-corrected chi connectivity index (χ4v) is 5.69. The molecule has 0 radical (unpaired) electrons. The van der Waals surface area contributed by atoms with Gasteiger partial charge in [0.1, 0.15) is 0 Å². The largest absolute Gasteiger partial charge is 0.454 e. The molecule has 0 unspecified atom stereocenters. The van der Waals surface area contributed by atoms with Crippen molar-refractivity contribution >= 4 is 34.7 Å². The average molecular weight is 550 g/mol. The lowest BCUT2D eigenvalue weighted by molar-refractivity contribution is -0.122. The van der Waals surface area contributed by atoms with E-state index in [1.54, 1.807) is 23.1 Å². The number of ether oxygens (including phenoxy) is 2. The maximum absolute atomic E-state index is 13.0. The quantitative estimate of drug-likeness (QED) is 0.452. The first kappa shape index (κ1) is 26.6. The van der Waals surface area contributed by atoms with Crippen molar-refractivity contribution < 1.29 is 23.9 Å². The molecule has 5 rings (SSSR count). The molecule has 204 valence electrons. The lowest BCUT2D eigenvalue weighted by Crippen LogP contribution is -2.39. The molecule has 0 saturated carbocycles. The fourth-order valence-electron chi connectivity index (χ4n) is 4.99. The Balaban J connectivity index is 1.09. The smallest absolute Gasteiger partial charge is 0.286 e. The summed E-state index contributed by atoms with van der Waals surface area (Å²) in [5.74, 6) is 0.698. The van der Waals surface area contributed by atoms with Gasteiger partial charge in [-0.3, -0.25) is 14.4 Å². The van der Waals surface area contributed by atoms with Gasteiger partial charge in [-0.25, -0.2) is 0 Å². The van der Waals surface area contributed by atoms with Crippen LogP contribution in [-0.2, 0) is 4.79 Å². The second-order valence-electron chi connectivity index (χ2n) is 10.0. The normalized spacial score (nSPS) is 15.6. The third-order valence-electron chi connectivity index (χ3n) is 7.08. The number of carbonyl (C=O) groups is 3. The van der Waals surface area contributed by atoms with Crippen LogP contribution in [0.4, 0.5) is 5.69 Å². The van der Waals surface area contributed by atoms with E-state index in [4.69, 9.17) is 9.47 Å². The summed E-state index contributed by atoms with van der Waals surface area (Å²) in [5.41, 5.74) is 4.02. The van der Waals surface area contributed by atoms with Crippen LogP contribution in [0.25, 0.3) is 0 Å². The number of nitrogens with one attached hydrogen (secondary N) is 2. The first-order chi connectivity index (χ1) is 18.8. The molecule has 2 aliphatic heterocycles. The van der Waals surface area contributed by atoms with E-state index in [1.165, 1.54) is 11.1 Å². The molecule has 1 saturated heterocycles. The van der Waals surface area contributed by atoms with Crippen LogP contribution in [-0.4, -0.2) is 52.7 Å². The molecule has 0 spiro atoms. The highest BCUT2D eigenvalue weighted by Gasteiger charge is 2.28. The van der Waals surface area contributed by atoms with Crippen LogP contribution >= 0.6 is 11.3 Å². The first-order valence-corrected chi connectivity index (χ1v) is 13.8. The highest BCUT2D eigenvalue weighted by Crippen LogP contribution is 2.34. The van der Waals surface area contributed by atoms with Gasteiger partial charge in [-0.2, -0.15) is 0 Å². The van der Waals surface area contributed by atoms with Gasteiger partial charge in [-0.15, -0.1) is 10.2 Å². The zero-order valence-electron chi connectivity index (χ0n) is 22.2. The highest BCUT2D eigenvalue weighted by molar-refractivity contribution is 7.15. The molecule has 0 bridgehead atoms. The summed E-state index contributed by atoms with van der Waals surface area (Å²) in [5, 5.41) is 14.0. The molecule has 39 heavy (non-hydrogen) atoms. The van der Waals surface area contributed by atoms with Gasteiger partial charge in [0, 0.05) is 31.3 Å². The number of aromatic nitrogens is 2. The van der Waals surface area contributed by atoms with E-state index in [-0.39, 0.29) is 40.6 Å². The molecular weight excluding hydrogens is 518 g/mol. The van der Waals surface area contributed by atoms with Crippen molar-refractivity contribution in [3.8, 4) is 11.5 Å². The molecule has 1 atom stereocenters. The number of piperidine rings is 1. The SMILES string of the molecule is Cc1ccc([C@H](C)NC(=O)CC2CCN(C(=O)c3nnc(C(=O)Nc4ccc5c(c4)OCO5)s3)CC2)c(C)c1.